The van der Waals surface area contributed by atoms with E-state index in [1.807, 2.05) is 0 Å². The molecule has 0 spiro atoms. The SMILES string of the molecule is O=[N+]([O-])c1cnn(C2CCN(CC3CCCCC3)CC2F)c1. The van der Waals surface area contributed by atoms with E-state index in [-0.39, 0.29) is 11.7 Å². The Hall–Kier alpha value is -1.50. The monoisotopic (exact) mass is 310 g/mol. The topological polar surface area (TPSA) is 64.2 Å². The Morgan fingerprint density at radius 2 is 2.09 bits per heavy atom. The van der Waals surface area contributed by atoms with Crippen LogP contribution in [-0.4, -0.2) is 45.4 Å². The second kappa shape index (κ2) is 6.73. The van der Waals surface area contributed by atoms with Crippen LogP contribution in [0.5, 0.6) is 0 Å². The van der Waals surface area contributed by atoms with Gasteiger partial charge in [0.1, 0.15) is 18.6 Å². The smallest absolute Gasteiger partial charge is 0.300 e. The number of aromatic nitrogens is 2. The third kappa shape index (κ3) is 3.45. The summed E-state index contributed by atoms with van der Waals surface area (Å²) in [6.07, 6.45) is 8.65. The number of hydrogen-bond donors (Lipinski definition) is 0. The highest BCUT2D eigenvalue weighted by Crippen LogP contribution is 2.29. The molecular formula is C15H23FN4O2. The van der Waals surface area contributed by atoms with Gasteiger partial charge in [-0.05, 0) is 25.2 Å². The summed E-state index contributed by atoms with van der Waals surface area (Å²) in [6.45, 7) is 2.25. The van der Waals surface area contributed by atoms with Crippen molar-refractivity contribution in [2.45, 2.75) is 50.7 Å². The molecule has 1 aromatic rings. The zero-order valence-electron chi connectivity index (χ0n) is 12.7. The van der Waals surface area contributed by atoms with Gasteiger partial charge < -0.3 is 4.90 Å². The minimum absolute atomic E-state index is 0.0724. The van der Waals surface area contributed by atoms with E-state index in [1.54, 1.807) is 0 Å². The molecule has 1 saturated heterocycles. The summed E-state index contributed by atoms with van der Waals surface area (Å²) >= 11 is 0. The first-order valence-corrected chi connectivity index (χ1v) is 8.18. The summed E-state index contributed by atoms with van der Waals surface area (Å²) in [6, 6.07) is -0.378. The third-order valence-electron chi connectivity index (χ3n) is 4.97. The highest BCUT2D eigenvalue weighted by Gasteiger charge is 2.32. The van der Waals surface area contributed by atoms with Crippen molar-refractivity contribution in [3.63, 3.8) is 0 Å². The van der Waals surface area contributed by atoms with Crippen LogP contribution in [0.1, 0.15) is 44.6 Å². The zero-order chi connectivity index (χ0) is 15.5. The second-order valence-corrected chi connectivity index (χ2v) is 6.57. The number of nitrogens with zero attached hydrogens (tertiary/aromatic N) is 4. The van der Waals surface area contributed by atoms with E-state index >= 15 is 0 Å². The maximum atomic E-state index is 14.5. The van der Waals surface area contributed by atoms with Crippen LogP contribution in [0.15, 0.2) is 12.4 Å². The van der Waals surface area contributed by atoms with Gasteiger partial charge in [-0.3, -0.25) is 14.8 Å². The molecule has 1 aliphatic carbocycles. The van der Waals surface area contributed by atoms with Gasteiger partial charge in [0.2, 0.25) is 0 Å². The Labute approximate surface area is 129 Å². The number of halogens is 1. The molecule has 2 aliphatic rings. The Kier molecular flexibility index (Phi) is 4.71. The van der Waals surface area contributed by atoms with Crippen LogP contribution in [0.4, 0.5) is 10.1 Å². The summed E-state index contributed by atoms with van der Waals surface area (Å²) in [5.74, 6) is 0.711. The van der Waals surface area contributed by atoms with Gasteiger partial charge in [-0.2, -0.15) is 5.10 Å². The predicted octanol–water partition coefficient (Wildman–Crippen LogP) is 2.96. The largest absolute Gasteiger partial charge is 0.307 e. The van der Waals surface area contributed by atoms with Crippen LogP contribution in [0.2, 0.25) is 0 Å². The van der Waals surface area contributed by atoms with E-state index in [9.17, 15) is 14.5 Å². The van der Waals surface area contributed by atoms with Crippen molar-refractivity contribution < 1.29 is 9.31 Å². The van der Waals surface area contributed by atoms with E-state index in [0.717, 1.165) is 13.1 Å². The van der Waals surface area contributed by atoms with Gasteiger partial charge >= 0.3 is 5.69 Å². The molecule has 2 heterocycles. The molecule has 2 fully saturated rings. The average Bonchev–Trinajstić information content (AvgIpc) is 2.98. The zero-order valence-corrected chi connectivity index (χ0v) is 12.7. The molecule has 7 heteroatoms. The van der Waals surface area contributed by atoms with Crippen molar-refractivity contribution in [2.24, 2.45) is 5.92 Å². The fourth-order valence-electron chi connectivity index (χ4n) is 3.76. The van der Waals surface area contributed by atoms with Gasteiger partial charge in [0.25, 0.3) is 0 Å². The quantitative estimate of drug-likeness (QED) is 0.633. The molecule has 3 rings (SSSR count). The van der Waals surface area contributed by atoms with Crippen LogP contribution in [0, 0.1) is 16.0 Å². The molecule has 0 bridgehead atoms. The van der Waals surface area contributed by atoms with Gasteiger partial charge in [-0.25, -0.2) is 4.39 Å². The molecule has 0 radical (unpaired) electrons. The fraction of sp³-hybridized carbons (Fsp3) is 0.800. The normalized spacial score (nSPS) is 27.9. The fourth-order valence-corrected chi connectivity index (χ4v) is 3.76. The number of rotatable bonds is 4. The van der Waals surface area contributed by atoms with E-state index < -0.39 is 11.1 Å². The van der Waals surface area contributed by atoms with Gasteiger partial charge in [-0.15, -0.1) is 0 Å². The number of alkyl halides is 1. The Balaban J connectivity index is 1.56. The van der Waals surface area contributed by atoms with Gasteiger partial charge in [0.05, 0.1) is 11.0 Å². The first-order valence-electron chi connectivity index (χ1n) is 8.18. The highest BCUT2D eigenvalue weighted by atomic mass is 19.1. The van der Waals surface area contributed by atoms with Crippen molar-refractivity contribution in [3.05, 3.63) is 22.5 Å². The summed E-state index contributed by atoms with van der Waals surface area (Å²) in [4.78, 5) is 12.4. The van der Waals surface area contributed by atoms with Crippen molar-refractivity contribution in [2.75, 3.05) is 19.6 Å². The van der Waals surface area contributed by atoms with E-state index in [4.69, 9.17) is 0 Å². The molecule has 1 saturated carbocycles. The second-order valence-electron chi connectivity index (χ2n) is 6.57. The van der Waals surface area contributed by atoms with Gasteiger partial charge in [0.15, 0.2) is 0 Å². The van der Waals surface area contributed by atoms with Crippen LogP contribution >= 0.6 is 0 Å². The molecule has 1 aliphatic heterocycles. The van der Waals surface area contributed by atoms with Crippen molar-refractivity contribution in [3.8, 4) is 0 Å². The van der Waals surface area contributed by atoms with Gasteiger partial charge in [0, 0.05) is 19.6 Å². The van der Waals surface area contributed by atoms with Gasteiger partial charge in [-0.1, -0.05) is 19.3 Å². The summed E-state index contributed by atoms with van der Waals surface area (Å²) in [5.41, 5.74) is -0.0724. The minimum Gasteiger partial charge on any atom is -0.300 e. The van der Waals surface area contributed by atoms with E-state index in [2.05, 4.69) is 10.00 Å². The lowest BCUT2D eigenvalue weighted by atomic mass is 9.88. The first kappa shape index (κ1) is 15.4. The lowest BCUT2D eigenvalue weighted by Gasteiger charge is -2.37. The minimum atomic E-state index is -1.02. The summed E-state index contributed by atoms with van der Waals surface area (Å²) in [7, 11) is 0. The van der Waals surface area contributed by atoms with E-state index in [1.165, 1.54) is 49.2 Å². The Morgan fingerprint density at radius 1 is 1.32 bits per heavy atom. The maximum Gasteiger partial charge on any atom is 0.307 e. The molecule has 2 unspecified atom stereocenters. The predicted molar refractivity (Wildman–Crippen MR) is 80.4 cm³/mol. The van der Waals surface area contributed by atoms with Crippen molar-refractivity contribution in [1.82, 2.24) is 14.7 Å². The standard InChI is InChI=1S/C15H23FN4O2/c16-14-11-18(9-12-4-2-1-3-5-12)7-6-15(14)19-10-13(8-17-19)20(21)22/h8,10,12,14-15H,1-7,9,11H2. The number of likely N-dealkylation sites (tertiary alicyclic amines) is 1. The number of piperidine rings is 1. The first-order chi connectivity index (χ1) is 10.6. The van der Waals surface area contributed by atoms with Crippen LogP contribution in [0.3, 0.4) is 0 Å². The maximum absolute atomic E-state index is 14.5. The van der Waals surface area contributed by atoms with Crippen molar-refractivity contribution >= 4 is 5.69 Å². The lowest BCUT2D eigenvalue weighted by Crippen LogP contribution is -2.44. The van der Waals surface area contributed by atoms with Crippen LogP contribution in [-0.2, 0) is 0 Å². The molecule has 0 amide bonds. The molecular weight excluding hydrogens is 287 g/mol. The molecule has 6 nitrogen and oxygen atoms in total. The third-order valence-corrected chi connectivity index (χ3v) is 4.97. The Bertz CT molecular complexity index is 515. The number of nitro groups is 1. The Morgan fingerprint density at radius 3 is 2.73 bits per heavy atom. The molecule has 22 heavy (non-hydrogen) atoms. The highest BCUT2D eigenvalue weighted by molar-refractivity contribution is 5.21. The van der Waals surface area contributed by atoms with Crippen LogP contribution in [0.25, 0.3) is 0 Å². The van der Waals surface area contributed by atoms with Crippen LogP contribution < -0.4 is 0 Å². The molecule has 2 atom stereocenters. The lowest BCUT2D eigenvalue weighted by molar-refractivity contribution is -0.385. The molecule has 122 valence electrons. The molecule has 0 aromatic carbocycles. The number of hydrogen-bond acceptors (Lipinski definition) is 4. The molecule has 1 aromatic heterocycles. The van der Waals surface area contributed by atoms with Crippen molar-refractivity contribution in [1.29, 1.82) is 0 Å². The summed E-state index contributed by atoms with van der Waals surface area (Å²) in [5, 5.41) is 14.7. The summed E-state index contributed by atoms with van der Waals surface area (Å²) < 4.78 is 15.9. The van der Waals surface area contributed by atoms with E-state index in [0.29, 0.717) is 18.9 Å². The average molecular weight is 310 g/mol. The molecule has 0 N–H and O–H groups in total.